The number of halogens is 1. The van der Waals surface area contributed by atoms with Gasteiger partial charge in [-0.15, -0.1) is 0 Å². The fourth-order valence-corrected chi connectivity index (χ4v) is 2.62. The Hall–Kier alpha value is -3.00. The monoisotopic (exact) mass is 343 g/mol. The van der Waals surface area contributed by atoms with Crippen molar-refractivity contribution in [3.63, 3.8) is 0 Å². The van der Waals surface area contributed by atoms with E-state index < -0.39 is 17.3 Å². The van der Waals surface area contributed by atoms with Gasteiger partial charge in [0, 0.05) is 11.3 Å². The lowest BCUT2D eigenvalue weighted by Crippen LogP contribution is -2.38. The number of aliphatic imine (C=N–C) groups is 1. The fraction of sp³-hybridized carbons (Fsp3) is 0.235. The number of hydrogen-bond acceptors (Lipinski definition) is 6. The van der Waals surface area contributed by atoms with E-state index in [2.05, 4.69) is 15.3 Å². The van der Waals surface area contributed by atoms with Crippen LogP contribution in [0.1, 0.15) is 23.0 Å². The van der Waals surface area contributed by atoms with Gasteiger partial charge in [-0.1, -0.05) is 0 Å². The molecule has 0 aliphatic carbocycles. The lowest BCUT2D eigenvalue weighted by molar-refractivity contribution is 0.102. The van der Waals surface area contributed by atoms with Crippen molar-refractivity contribution in [2.75, 3.05) is 24.3 Å². The zero-order chi connectivity index (χ0) is 18.0. The van der Waals surface area contributed by atoms with Gasteiger partial charge in [0.05, 0.1) is 18.5 Å². The SMILES string of the molecule is CC1(c2cc(NC(=O)c3ccc(N)cn3)ccc2F)COCC(N)=N1. The Morgan fingerprint density at radius 1 is 1.32 bits per heavy atom. The van der Waals surface area contributed by atoms with E-state index in [1.165, 1.54) is 30.5 Å². The number of rotatable bonds is 3. The van der Waals surface area contributed by atoms with Crippen molar-refractivity contribution in [2.45, 2.75) is 12.5 Å². The molecule has 1 aromatic heterocycles. The number of nitrogens with one attached hydrogen (secondary N) is 1. The number of ether oxygens (including phenoxy) is 1. The summed E-state index contributed by atoms with van der Waals surface area (Å²) in [4.78, 5) is 20.5. The van der Waals surface area contributed by atoms with Gasteiger partial charge in [-0.2, -0.15) is 0 Å². The average Bonchev–Trinajstić information content (AvgIpc) is 2.57. The summed E-state index contributed by atoms with van der Waals surface area (Å²) in [5.41, 5.74) is 11.7. The van der Waals surface area contributed by atoms with Crippen molar-refractivity contribution in [3.05, 3.63) is 53.6 Å². The van der Waals surface area contributed by atoms with E-state index in [9.17, 15) is 9.18 Å². The van der Waals surface area contributed by atoms with E-state index in [1.54, 1.807) is 13.0 Å². The van der Waals surface area contributed by atoms with E-state index in [4.69, 9.17) is 16.2 Å². The Balaban J connectivity index is 1.88. The first-order chi connectivity index (χ1) is 11.9. The summed E-state index contributed by atoms with van der Waals surface area (Å²) in [5.74, 6) is -0.576. The molecule has 1 aromatic carbocycles. The minimum atomic E-state index is -0.952. The molecule has 0 spiro atoms. The minimum absolute atomic E-state index is 0.196. The maximum absolute atomic E-state index is 14.3. The zero-order valence-electron chi connectivity index (χ0n) is 13.6. The van der Waals surface area contributed by atoms with E-state index in [0.717, 1.165) is 0 Å². The van der Waals surface area contributed by atoms with Crippen molar-refractivity contribution >= 4 is 23.1 Å². The summed E-state index contributed by atoms with van der Waals surface area (Å²) in [6, 6.07) is 7.35. The Bertz CT molecular complexity index is 837. The number of nitrogen functional groups attached to an aromatic ring is 1. The highest BCUT2D eigenvalue weighted by Crippen LogP contribution is 2.32. The van der Waals surface area contributed by atoms with Crippen LogP contribution in [0.2, 0.25) is 0 Å². The molecule has 8 heteroatoms. The van der Waals surface area contributed by atoms with Crippen LogP contribution in [0.5, 0.6) is 0 Å². The van der Waals surface area contributed by atoms with Gasteiger partial charge in [-0.05, 0) is 37.3 Å². The van der Waals surface area contributed by atoms with Gasteiger partial charge in [-0.25, -0.2) is 9.37 Å². The number of carbonyl (C=O) groups is 1. The molecule has 0 bridgehead atoms. The van der Waals surface area contributed by atoms with Gasteiger partial charge >= 0.3 is 0 Å². The second-order valence-corrected chi connectivity index (χ2v) is 6.00. The number of amides is 1. The largest absolute Gasteiger partial charge is 0.397 e. The lowest BCUT2D eigenvalue weighted by atomic mass is 9.92. The first-order valence-electron chi connectivity index (χ1n) is 7.62. The van der Waals surface area contributed by atoms with E-state index in [1.807, 2.05) is 0 Å². The highest BCUT2D eigenvalue weighted by atomic mass is 19.1. The summed E-state index contributed by atoms with van der Waals surface area (Å²) in [7, 11) is 0. The van der Waals surface area contributed by atoms with Crippen LogP contribution in [0.3, 0.4) is 0 Å². The maximum atomic E-state index is 14.3. The summed E-state index contributed by atoms with van der Waals surface area (Å²) in [6.45, 7) is 2.14. The van der Waals surface area contributed by atoms with Crippen LogP contribution in [0.25, 0.3) is 0 Å². The van der Waals surface area contributed by atoms with Gasteiger partial charge < -0.3 is 21.5 Å². The third-order valence-electron chi connectivity index (χ3n) is 3.85. The number of hydrogen-bond donors (Lipinski definition) is 3. The standard InChI is InChI=1S/C17H18FN5O2/c1-17(9-25-8-15(20)23-17)12-6-11(3-4-13(12)18)22-16(24)14-5-2-10(19)7-21-14/h2-7H,8-9,19H2,1H3,(H2,20,23)(H,22,24). The molecule has 5 N–H and O–H groups in total. The molecule has 2 heterocycles. The second kappa shape index (κ2) is 6.48. The van der Waals surface area contributed by atoms with Crippen molar-refractivity contribution in [3.8, 4) is 0 Å². The molecule has 0 saturated heterocycles. The molecule has 130 valence electrons. The van der Waals surface area contributed by atoms with Crippen LogP contribution in [-0.4, -0.2) is 29.9 Å². The average molecular weight is 343 g/mol. The van der Waals surface area contributed by atoms with Crippen molar-refractivity contribution in [2.24, 2.45) is 10.7 Å². The van der Waals surface area contributed by atoms with Crippen LogP contribution in [0.15, 0.2) is 41.5 Å². The lowest BCUT2D eigenvalue weighted by Gasteiger charge is -2.30. The summed E-state index contributed by atoms with van der Waals surface area (Å²) in [6.07, 6.45) is 1.39. The molecule has 0 saturated carbocycles. The molecule has 1 aliphatic heterocycles. The smallest absolute Gasteiger partial charge is 0.274 e. The predicted molar refractivity (Wildman–Crippen MR) is 92.8 cm³/mol. The van der Waals surface area contributed by atoms with E-state index >= 15 is 0 Å². The quantitative estimate of drug-likeness (QED) is 0.784. The molecular formula is C17H18FN5O2. The van der Waals surface area contributed by atoms with E-state index in [-0.39, 0.29) is 18.9 Å². The summed E-state index contributed by atoms with van der Waals surface area (Å²) in [5, 5.41) is 2.68. The fourth-order valence-electron chi connectivity index (χ4n) is 2.62. The Labute approximate surface area is 143 Å². The summed E-state index contributed by atoms with van der Waals surface area (Å²) < 4.78 is 19.7. The highest BCUT2D eigenvalue weighted by molar-refractivity contribution is 6.03. The first-order valence-corrected chi connectivity index (χ1v) is 7.62. The molecule has 1 aliphatic rings. The molecule has 0 fully saturated rings. The van der Waals surface area contributed by atoms with Gasteiger partial charge in [0.15, 0.2) is 0 Å². The molecule has 3 rings (SSSR count). The Morgan fingerprint density at radius 2 is 2.12 bits per heavy atom. The minimum Gasteiger partial charge on any atom is -0.397 e. The van der Waals surface area contributed by atoms with Gasteiger partial charge in [0.1, 0.15) is 29.5 Å². The molecule has 1 atom stereocenters. The molecular weight excluding hydrogens is 325 g/mol. The topological polar surface area (TPSA) is 116 Å². The molecule has 1 amide bonds. The van der Waals surface area contributed by atoms with Crippen molar-refractivity contribution in [1.82, 2.24) is 4.98 Å². The number of benzene rings is 1. The number of aromatic nitrogens is 1. The molecule has 25 heavy (non-hydrogen) atoms. The van der Waals surface area contributed by atoms with Crippen molar-refractivity contribution in [1.29, 1.82) is 0 Å². The van der Waals surface area contributed by atoms with Crippen LogP contribution >= 0.6 is 0 Å². The molecule has 7 nitrogen and oxygen atoms in total. The number of amidine groups is 1. The van der Waals surface area contributed by atoms with Crippen LogP contribution in [-0.2, 0) is 10.3 Å². The maximum Gasteiger partial charge on any atom is 0.274 e. The van der Waals surface area contributed by atoms with Gasteiger partial charge in [0.25, 0.3) is 5.91 Å². The third kappa shape index (κ3) is 3.58. The Morgan fingerprint density at radius 3 is 2.80 bits per heavy atom. The molecule has 1 unspecified atom stereocenters. The van der Waals surface area contributed by atoms with Gasteiger partial charge in [0.2, 0.25) is 0 Å². The van der Waals surface area contributed by atoms with Crippen molar-refractivity contribution < 1.29 is 13.9 Å². The second-order valence-electron chi connectivity index (χ2n) is 6.00. The number of nitrogens with two attached hydrogens (primary N) is 2. The number of nitrogens with zero attached hydrogens (tertiary/aromatic N) is 2. The third-order valence-corrected chi connectivity index (χ3v) is 3.85. The normalized spacial score (nSPS) is 20.0. The van der Waals surface area contributed by atoms with Crippen LogP contribution < -0.4 is 16.8 Å². The molecule has 2 aromatic rings. The predicted octanol–water partition coefficient (Wildman–Crippen LogP) is 1.66. The van der Waals surface area contributed by atoms with Crippen LogP contribution in [0, 0.1) is 5.82 Å². The number of pyridine rings is 1. The molecule has 0 radical (unpaired) electrons. The number of anilines is 2. The first kappa shape index (κ1) is 16.8. The van der Waals surface area contributed by atoms with Crippen LogP contribution in [0.4, 0.5) is 15.8 Å². The zero-order valence-corrected chi connectivity index (χ0v) is 13.6. The summed E-state index contributed by atoms with van der Waals surface area (Å²) >= 11 is 0. The Kier molecular flexibility index (Phi) is 4.37. The highest BCUT2D eigenvalue weighted by Gasteiger charge is 2.33. The van der Waals surface area contributed by atoms with E-state index in [0.29, 0.717) is 22.8 Å². The number of carbonyl (C=O) groups excluding carboxylic acids is 1. The van der Waals surface area contributed by atoms with Gasteiger partial charge in [-0.3, -0.25) is 9.79 Å².